The molecule has 1 aliphatic rings. The first-order chi connectivity index (χ1) is 10.9. The summed E-state index contributed by atoms with van der Waals surface area (Å²) in [5, 5.41) is 3.53. The molecule has 0 spiro atoms. The van der Waals surface area contributed by atoms with Crippen LogP contribution < -0.4 is 14.8 Å². The van der Waals surface area contributed by atoms with Gasteiger partial charge in [0.2, 0.25) is 0 Å². The molecule has 0 aromatic heterocycles. The maximum Gasteiger partial charge on any atom is 0.262 e. The van der Waals surface area contributed by atoms with Crippen LogP contribution in [0, 0.1) is 5.92 Å². The van der Waals surface area contributed by atoms with Gasteiger partial charge in [-0.25, -0.2) is 0 Å². The largest absolute Gasteiger partial charge is 0.490 e. The third-order valence-electron chi connectivity index (χ3n) is 4.08. The summed E-state index contributed by atoms with van der Waals surface area (Å²) in [6.07, 6.45) is 0.712. The molecule has 3 unspecified atom stereocenters. The highest BCUT2D eigenvalue weighted by Gasteiger charge is 2.31. The number of hydrogen-bond donors (Lipinski definition) is 1. The Bertz CT molecular complexity index is 545. The minimum absolute atomic E-state index is 0.0686. The monoisotopic (exact) mass is 320 g/mol. The first-order valence-electron chi connectivity index (χ1n) is 8.29. The van der Waals surface area contributed by atoms with Crippen LogP contribution in [0.3, 0.4) is 0 Å². The molecular formula is C18H28N2O3. The zero-order chi connectivity index (χ0) is 17.0. The molecule has 1 aromatic rings. The van der Waals surface area contributed by atoms with Gasteiger partial charge < -0.3 is 19.7 Å². The second-order valence-corrected chi connectivity index (χ2v) is 6.41. The summed E-state index contributed by atoms with van der Waals surface area (Å²) in [5.74, 6) is 2.01. The number of ether oxygens (including phenoxy) is 2. The van der Waals surface area contributed by atoms with Gasteiger partial charge in [-0.2, -0.15) is 0 Å². The van der Waals surface area contributed by atoms with E-state index in [2.05, 4.69) is 12.2 Å². The Morgan fingerprint density at radius 1 is 1.39 bits per heavy atom. The Hall–Kier alpha value is -1.75. The fraction of sp³-hybridized carbons (Fsp3) is 0.611. The van der Waals surface area contributed by atoms with Crippen molar-refractivity contribution in [2.75, 3.05) is 20.7 Å². The van der Waals surface area contributed by atoms with Crippen molar-refractivity contribution in [2.45, 2.75) is 45.9 Å². The number of nitrogens with one attached hydrogen (secondary N) is 1. The lowest BCUT2D eigenvalue weighted by Crippen LogP contribution is -2.35. The third-order valence-corrected chi connectivity index (χ3v) is 4.08. The van der Waals surface area contributed by atoms with Gasteiger partial charge in [-0.05, 0) is 43.9 Å². The minimum Gasteiger partial charge on any atom is -0.490 e. The maximum atomic E-state index is 11.9. The van der Waals surface area contributed by atoms with Crippen LogP contribution in [0.5, 0.6) is 11.5 Å². The molecule has 23 heavy (non-hydrogen) atoms. The van der Waals surface area contributed by atoms with E-state index in [-0.39, 0.29) is 5.91 Å². The molecule has 1 saturated carbocycles. The summed E-state index contributed by atoms with van der Waals surface area (Å²) in [6.45, 7) is 7.32. The Balaban J connectivity index is 2.04. The van der Waals surface area contributed by atoms with Crippen LogP contribution in [0.1, 0.15) is 32.8 Å². The van der Waals surface area contributed by atoms with Crippen molar-refractivity contribution >= 4 is 5.91 Å². The molecule has 1 N–H and O–H groups in total. The smallest absolute Gasteiger partial charge is 0.262 e. The summed E-state index contributed by atoms with van der Waals surface area (Å²) >= 11 is 0. The Morgan fingerprint density at radius 2 is 2.09 bits per heavy atom. The second-order valence-electron chi connectivity index (χ2n) is 6.41. The van der Waals surface area contributed by atoms with Gasteiger partial charge in [-0.1, -0.05) is 13.0 Å². The third kappa shape index (κ3) is 4.86. The minimum atomic E-state index is -0.541. The molecule has 5 nitrogen and oxygen atoms in total. The van der Waals surface area contributed by atoms with Crippen LogP contribution in [0.25, 0.3) is 0 Å². The summed E-state index contributed by atoms with van der Waals surface area (Å²) < 4.78 is 11.5. The molecule has 0 bridgehead atoms. The van der Waals surface area contributed by atoms with Crippen molar-refractivity contribution in [3.63, 3.8) is 0 Å². The molecular weight excluding hydrogens is 292 g/mol. The fourth-order valence-corrected chi connectivity index (χ4v) is 2.49. The topological polar surface area (TPSA) is 50.8 Å². The van der Waals surface area contributed by atoms with E-state index in [0.29, 0.717) is 24.1 Å². The molecule has 0 radical (unpaired) electrons. The van der Waals surface area contributed by atoms with Crippen LogP contribution in [0.4, 0.5) is 0 Å². The van der Waals surface area contributed by atoms with Crippen molar-refractivity contribution in [1.29, 1.82) is 0 Å². The van der Waals surface area contributed by atoms with Gasteiger partial charge in [0, 0.05) is 26.7 Å². The normalized spacial score (nSPS) is 20.7. The van der Waals surface area contributed by atoms with Gasteiger partial charge in [-0.3, -0.25) is 4.79 Å². The molecule has 0 saturated heterocycles. The van der Waals surface area contributed by atoms with Crippen LogP contribution in [-0.2, 0) is 11.3 Å². The summed E-state index contributed by atoms with van der Waals surface area (Å²) in [5.41, 5.74) is 1.16. The van der Waals surface area contributed by atoms with Crippen molar-refractivity contribution in [3.05, 3.63) is 23.8 Å². The van der Waals surface area contributed by atoms with Gasteiger partial charge in [0.1, 0.15) is 0 Å². The Labute approximate surface area is 139 Å². The number of hydrogen-bond acceptors (Lipinski definition) is 4. The van der Waals surface area contributed by atoms with Crippen molar-refractivity contribution < 1.29 is 14.3 Å². The molecule has 2 rings (SSSR count). The van der Waals surface area contributed by atoms with Crippen molar-refractivity contribution in [2.24, 2.45) is 5.92 Å². The Morgan fingerprint density at radius 3 is 2.65 bits per heavy atom. The molecule has 1 aromatic carbocycles. The number of rotatable bonds is 8. The number of carbonyl (C=O) groups excluding carboxylic acids is 1. The van der Waals surface area contributed by atoms with Gasteiger partial charge in [0.25, 0.3) is 5.91 Å². The molecule has 3 atom stereocenters. The SMILES string of the molecule is CCOc1cc(CNC2CC2C)ccc1OC(C)C(=O)N(C)C. The molecule has 5 heteroatoms. The highest BCUT2D eigenvalue weighted by molar-refractivity contribution is 5.80. The van der Waals surface area contributed by atoms with E-state index in [1.165, 1.54) is 11.3 Å². The fourth-order valence-electron chi connectivity index (χ4n) is 2.49. The average Bonchev–Trinajstić information content (AvgIpc) is 3.22. The lowest BCUT2D eigenvalue weighted by Gasteiger charge is -2.20. The molecule has 1 aliphatic carbocycles. The van der Waals surface area contributed by atoms with Crippen molar-refractivity contribution in [1.82, 2.24) is 10.2 Å². The Kier molecular flexibility index (Phi) is 5.88. The number of benzene rings is 1. The first-order valence-corrected chi connectivity index (χ1v) is 8.29. The summed E-state index contributed by atoms with van der Waals surface area (Å²) in [4.78, 5) is 13.5. The number of nitrogens with zero attached hydrogens (tertiary/aromatic N) is 1. The maximum absolute atomic E-state index is 11.9. The molecule has 1 amide bonds. The predicted molar refractivity (Wildman–Crippen MR) is 90.8 cm³/mol. The van der Waals surface area contributed by atoms with E-state index >= 15 is 0 Å². The van der Waals surface area contributed by atoms with Crippen LogP contribution in [0.2, 0.25) is 0 Å². The zero-order valence-corrected chi connectivity index (χ0v) is 14.8. The number of carbonyl (C=O) groups is 1. The van der Waals surface area contributed by atoms with Gasteiger partial charge in [-0.15, -0.1) is 0 Å². The van der Waals surface area contributed by atoms with Crippen LogP contribution >= 0.6 is 0 Å². The highest BCUT2D eigenvalue weighted by atomic mass is 16.5. The quantitative estimate of drug-likeness (QED) is 0.799. The van der Waals surface area contributed by atoms with E-state index in [1.807, 2.05) is 25.1 Å². The standard InChI is InChI=1S/C18H28N2O3/c1-6-22-17-10-14(11-19-15-9-12(15)2)7-8-16(17)23-13(3)18(21)20(4)5/h7-8,10,12-13,15,19H,6,9,11H2,1-5H3. The summed E-state index contributed by atoms with van der Waals surface area (Å²) in [6, 6.07) is 6.54. The molecule has 1 fully saturated rings. The van der Waals surface area contributed by atoms with Crippen LogP contribution in [0.15, 0.2) is 18.2 Å². The summed E-state index contributed by atoms with van der Waals surface area (Å²) in [7, 11) is 3.44. The molecule has 128 valence electrons. The lowest BCUT2D eigenvalue weighted by atomic mass is 10.2. The predicted octanol–water partition coefficient (Wildman–Crippen LogP) is 2.44. The lowest BCUT2D eigenvalue weighted by molar-refractivity contribution is -0.135. The van der Waals surface area contributed by atoms with Gasteiger partial charge in [0.15, 0.2) is 17.6 Å². The first kappa shape index (κ1) is 17.6. The number of likely N-dealkylation sites (N-methyl/N-ethyl adjacent to an activating group) is 1. The van der Waals surface area contributed by atoms with Crippen molar-refractivity contribution in [3.8, 4) is 11.5 Å². The van der Waals surface area contributed by atoms with E-state index in [0.717, 1.165) is 18.0 Å². The zero-order valence-electron chi connectivity index (χ0n) is 14.8. The van der Waals surface area contributed by atoms with E-state index in [9.17, 15) is 4.79 Å². The van der Waals surface area contributed by atoms with E-state index in [4.69, 9.17) is 9.47 Å². The highest BCUT2D eigenvalue weighted by Crippen LogP contribution is 2.31. The second kappa shape index (κ2) is 7.68. The van der Waals surface area contributed by atoms with Gasteiger partial charge >= 0.3 is 0 Å². The van der Waals surface area contributed by atoms with E-state index < -0.39 is 6.10 Å². The van der Waals surface area contributed by atoms with Crippen LogP contribution in [-0.4, -0.2) is 43.7 Å². The average molecular weight is 320 g/mol. The molecule has 0 heterocycles. The molecule has 0 aliphatic heterocycles. The number of amides is 1. The van der Waals surface area contributed by atoms with Gasteiger partial charge in [0.05, 0.1) is 6.61 Å². The van der Waals surface area contributed by atoms with E-state index in [1.54, 1.807) is 21.0 Å².